The highest BCUT2D eigenvalue weighted by Gasteiger charge is 2.20. The third-order valence-electron chi connectivity index (χ3n) is 4.27. The van der Waals surface area contributed by atoms with Crippen molar-refractivity contribution in [3.05, 3.63) is 0 Å². The summed E-state index contributed by atoms with van der Waals surface area (Å²) < 4.78 is 0. The SMILES string of the molecule is CCN1CCCC(NCC(=O)N2CCCC2)CC1. The minimum atomic E-state index is 0.295. The summed E-state index contributed by atoms with van der Waals surface area (Å²) in [6, 6.07) is 0.535. The van der Waals surface area contributed by atoms with E-state index in [1.54, 1.807) is 0 Å². The lowest BCUT2D eigenvalue weighted by atomic mass is 10.1. The van der Waals surface area contributed by atoms with Crippen molar-refractivity contribution in [2.45, 2.75) is 45.1 Å². The molecule has 4 nitrogen and oxygen atoms in total. The third kappa shape index (κ3) is 3.95. The average Bonchev–Trinajstić information content (AvgIpc) is 2.82. The number of nitrogens with one attached hydrogen (secondary N) is 1. The lowest BCUT2D eigenvalue weighted by molar-refractivity contribution is -0.129. The molecule has 0 spiro atoms. The van der Waals surface area contributed by atoms with Crippen molar-refractivity contribution >= 4 is 5.91 Å². The molecule has 2 aliphatic rings. The molecule has 0 aromatic carbocycles. The number of hydrogen-bond donors (Lipinski definition) is 1. The van der Waals surface area contributed by atoms with E-state index in [0.717, 1.165) is 19.6 Å². The molecule has 2 fully saturated rings. The highest BCUT2D eigenvalue weighted by Crippen LogP contribution is 2.11. The lowest BCUT2D eigenvalue weighted by Gasteiger charge is -2.20. The zero-order chi connectivity index (χ0) is 12.8. The van der Waals surface area contributed by atoms with Crippen LogP contribution < -0.4 is 5.32 Å². The second kappa shape index (κ2) is 7.10. The van der Waals surface area contributed by atoms with Crippen molar-refractivity contribution < 1.29 is 4.79 Å². The molecule has 0 aromatic heterocycles. The smallest absolute Gasteiger partial charge is 0.236 e. The first-order valence-corrected chi connectivity index (χ1v) is 7.53. The van der Waals surface area contributed by atoms with Crippen LogP contribution in [0.5, 0.6) is 0 Å². The Balaban J connectivity index is 1.67. The van der Waals surface area contributed by atoms with Crippen LogP contribution in [0.2, 0.25) is 0 Å². The van der Waals surface area contributed by atoms with Crippen molar-refractivity contribution in [1.82, 2.24) is 15.1 Å². The van der Waals surface area contributed by atoms with Crippen LogP contribution in [0.25, 0.3) is 0 Å². The maximum absolute atomic E-state index is 11.9. The van der Waals surface area contributed by atoms with Crippen LogP contribution in [0.4, 0.5) is 0 Å². The second-order valence-electron chi connectivity index (χ2n) is 5.53. The number of likely N-dealkylation sites (tertiary alicyclic amines) is 2. The van der Waals surface area contributed by atoms with Crippen LogP contribution in [0.3, 0.4) is 0 Å². The molecule has 2 rings (SSSR count). The van der Waals surface area contributed by atoms with Gasteiger partial charge in [-0.25, -0.2) is 0 Å². The fraction of sp³-hybridized carbons (Fsp3) is 0.929. The van der Waals surface area contributed by atoms with Gasteiger partial charge in [-0.3, -0.25) is 4.79 Å². The number of amides is 1. The van der Waals surface area contributed by atoms with Crippen LogP contribution in [-0.4, -0.2) is 61.0 Å². The molecule has 1 amide bonds. The van der Waals surface area contributed by atoms with E-state index in [1.807, 2.05) is 4.90 Å². The molecule has 1 N–H and O–H groups in total. The van der Waals surface area contributed by atoms with Crippen LogP contribution in [0.15, 0.2) is 0 Å². The molecule has 18 heavy (non-hydrogen) atoms. The van der Waals surface area contributed by atoms with Gasteiger partial charge in [0, 0.05) is 19.1 Å². The quantitative estimate of drug-likeness (QED) is 0.814. The highest BCUT2D eigenvalue weighted by atomic mass is 16.2. The van der Waals surface area contributed by atoms with Gasteiger partial charge in [0.15, 0.2) is 0 Å². The molecular formula is C14H27N3O. The Labute approximate surface area is 111 Å². The van der Waals surface area contributed by atoms with Crippen molar-refractivity contribution in [1.29, 1.82) is 0 Å². The fourth-order valence-corrected chi connectivity index (χ4v) is 2.99. The number of carbonyl (C=O) groups excluding carboxylic acids is 1. The van der Waals surface area contributed by atoms with E-state index in [0.29, 0.717) is 18.5 Å². The van der Waals surface area contributed by atoms with E-state index < -0.39 is 0 Å². The Morgan fingerprint density at radius 3 is 2.61 bits per heavy atom. The second-order valence-corrected chi connectivity index (χ2v) is 5.53. The van der Waals surface area contributed by atoms with E-state index in [2.05, 4.69) is 17.1 Å². The molecule has 0 bridgehead atoms. The predicted molar refractivity (Wildman–Crippen MR) is 73.6 cm³/mol. The van der Waals surface area contributed by atoms with Gasteiger partial charge in [-0.2, -0.15) is 0 Å². The maximum Gasteiger partial charge on any atom is 0.236 e. The van der Waals surface area contributed by atoms with E-state index in [1.165, 1.54) is 45.2 Å². The van der Waals surface area contributed by atoms with Gasteiger partial charge < -0.3 is 15.1 Å². The standard InChI is InChI=1S/C14H27N3O/c1-2-16-8-5-6-13(7-11-16)15-12-14(18)17-9-3-4-10-17/h13,15H,2-12H2,1H3. The Bertz CT molecular complexity index is 264. The maximum atomic E-state index is 11.9. The summed E-state index contributed by atoms with van der Waals surface area (Å²) >= 11 is 0. The van der Waals surface area contributed by atoms with Crippen LogP contribution in [0.1, 0.15) is 39.0 Å². The van der Waals surface area contributed by atoms with Crippen LogP contribution >= 0.6 is 0 Å². The molecule has 0 radical (unpaired) electrons. The van der Waals surface area contributed by atoms with Crippen molar-refractivity contribution in [2.75, 3.05) is 39.3 Å². The summed E-state index contributed by atoms with van der Waals surface area (Å²) in [4.78, 5) is 16.5. The lowest BCUT2D eigenvalue weighted by Crippen LogP contribution is -2.40. The molecule has 0 aromatic rings. The van der Waals surface area contributed by atoms with Gasteiger partial charge in [-0.1, -0.05) is 6.92 Å². The summed E-state index contributed by atoms with van der Waals surface area (Å²) in [6.45, 7) is 8.24. The van der Waals surface area contributed by atoms with E-state index in [4.69, 9.17) is 0 Å². The van der Waals surface area contributed by atoms with E-state index >= 15 is 0 Å². The summed E-state index contributed by atoms with van der Waals surface area (Å²) in [5, 5.41) is 3.47. The molecule has 4 heteroatoms. The molecule has 1 unspecified atom stereocenters. The first-order valence-electron chi connectivity index (χ1n) is 7.53. The number of hydrogen-bond acceptors (Lipinski definition) is 3. The minimum Gasteiger partial charge on any atom is -0.342 e. The molecule has 2 saturated heterocycles. The zero-order valence-corrected chi connectivity index (χ0v) is 11.7. The normalized spacial score (nSPS) is 26.3. The van der Waals surface area contributed by atoms with Crippen LogP contribution in [-0.2, 0) is 4.79 Å². The topological polar surface area (TPSA) is 35.6 Å². The fourth-order valence-electron chi connectivity index (χ4n) is 2.99. The number of nitrogens with zero attached hydrogens (tertiary/aromatic N) is 2. The van der Waals surface area contributed by atoms with Crippen molar-refractivity contribution in [3.63, 3.8) is 0 Å². The van der Waals surface area contributed by atoms with Gasteiger partial charge in [-0.15, -0.1) is 0 Å². The summed E-state index contributed by atoms with van der Waals surface area (Å²) in [5.41, 5.74) is 0. The Kier molecular flexibility index (Phi) is 5.45. The van der Waals surface area contributed by atoms with Gasteiger partial charge >= 0.3 is 0 Å². The Hall–Kier alpha value is -0.610. The van der Waals surface area contributed by atoms with Crippen molar-refractivity contribution in [2.24, 2.45) is 0 Å². The molecule has 0 saturated carbocycles. The first kappa shape index (κ1) is 13.8. The Morgan fingerprint density at radius 1 is 1.11 bits per heavy atom. The molecule has 1 atom stereocenters. The van der Waals surface area contributed by atoms with E-state index in [-0.39, 0.29) is 0 Å². The molecule has 0 aliphatic carbocycles. The average molecular weight is 253 g/mol. The van der Waals surface area contributed by atoms with Gasteiger partial charge in [-0.05, 0) is 51.7 Å². The van der Waals surface area contributed by atoms with Gasteiger partial charge in [0.2, 0.25) is 5.91 Å². The molecule has 2 heterocycles. The van der Waals surface area contributed by atoms with Crippen LogP contribution in [0, 0.1) is 0 Å². The largest absolute Gasteiger partial charge is 0.342 e. The monoisotopic (exact) mass is 253 g/mol. The van der Waals surface area contributed by atoms with Gasteiger partial charge in [0.05, 0.1) is 6.54 Å². The predicted octanol–water partition coefficient (Wildman–Crippen LogP) is 1.07. The number of rotatable bonds is 4. The molecular weight excluding hydrogens is 226 g/mol. The molecule has 104 valence electrons. The Morgan fingerprint density at radius 2 is 1.89 bits per heavy atom. The highest BCUT2D eigenvalue weighted by molar-refractivity contribution is 5.78. The summed E-state index contributed by atoms with van der Waals surface area (Å²) in [5.74, 6) is 0.295. The summed E-state index contributed by atoms with van der Waals surface area (Å²) in [6.07, 6.45) is 6.01. The van der Waals surface area contributed by atoms with Gasteiger partial charge in [0.25, 0.3) is 0 Å². The molecule has 2 aliphatic heterocycles. The van der Waals surface area contributed by atoms with Crippen molar-refractivity contribution in [3.8, 4) is 0 Å². The summed E-state index contributed by atoms with van der Waals surface area (Å²) in [7, 11) is 0. The van der Waals surface area contributed by atoms with Gasteiger partial charge in [0.1, 0.15) is 0 Å². The minimum absolute atomic E-state index is 0.295. The van der Waals surface area contributed by atoms with E-state index in [9.17, 15) is 4.79 Å². The zero-order valence-electron chi connectivity index (χ0n) is 11.7. The number of carbonyl (C=O) groups is 1. The third-order valence-corrected chi connectivity index (χ3v) is 4.27. The first-order chi connectivity index (χ1) is 8.79.